The van der Waals surface area contributed by atoms with E-state index in [2.05, 4.69) is 20.6 Å². The van der Waals surface area contributed by atoms with E-state index in [0.717, 1.165) is 6.07 Å². The van der Waals surface area contributed by atoms with Gasteiger partial charge >= 0.3 is 0 Å². The summed E-state index contributed by atoms with van der Waals surface area (Å²) in [7, 11) is 1.40. The molecule has 2 N–H and O–H groups in total. The largest absolute Gasteiger partial charge is 0.381 e. The van der Waals surface area contributed by atoms with Gasteiger partial charge < -0.3 is 29.6 Å². The summed E-state index contributed by atoms with van der Waals surface area (Å²) < 4.78 is 63.8. The van der Waals surface area contributed by atoms with E-state index in [4.69, 9.17) is 18.9 Å². The molecule has 2 atom stereocenters. The number of anilines is 1. The number of nitrogens with one attached hydrogen (secondary N) is 2. The van der Waals surface area contributed by atoms with Crippen LogP contribution >= 0.6 is 0 Å². The van der Waals surface area contributed by atoms with E-state index in [1.807, 2.05) is 0 Å². The van der Waals surface area contributed by atoms with Crippen molar-refractivity contribution in [1.82, 2.24) is 15.3 Å². The van der Waals surface area contributed by atoms with Crippen molar-refractivity contribution in [1.29, 1.82) is 0 Å². The second kappa shape index (κ2) is 12.2. The second-order valence-corrected chi connectivity index (χ2v) is 8.92. The van der Waals surface area contributed by atoms with Crippen molar-refractivity contribution in [2.75, 3.05) is 38.9 Å². The van der Waals surface area contributed by atoms with Crippen LogP contribution in [0.5, 0.6) is 0 Å². The molecule has 0 spiro atoms. The molecule has 2 saturated heterocycles. The van der Waals surface area contributed by atoms with Gasteiger partial charge in [0, 0.05) is 31.9 Å². The number of carbonyl (C=O) groups is 1. The third-order valence-electron chi connectivity index (χ3n) is 6.35. The number of methoxy groups -OCH3 is 1. The van der Waals surface area contributed by atoms with E-state index in [1.165, 1.54) is 19.2 Å². The highest BCUT2D eigenvalue weighted by atomic mass is 19.3. The molecule has 1 amide bonds. The Morgan fingerprint density at radius 1 is 1.11 bits per heavy atom. The van der Waals surface area contributed by atoms with Crippen LogP contribution in [0.2, 0.25) is 0 Å². The number of amides is 1. The monoisotopic (exact) mass is 524 g/mol. The van der Waals surface area contributed by atoms with E-state index in [-0.39, 0.29) is 29.0 Å². The molecule has 2 aliphatic heterocycles. The van der Waals surface area contributed by atoms with Gasteiger partial charge in [0.1, 0.15) is 17.5 Å². The van der Waals surface area contributed by atoms with Gasteiger partial charge in [-0.3, -0.25) is 4.79 Å². The van der Waals surface area contributed by atoms with Crippen LogP contribution in [-0.2, 0) is 23.7 Å². The van der Waals surface area contributed by atoms with Crippen LogP contribution in [0, 0.1) is 12.7 Å². The van der Waals surface area contributed by atoms with E-state index in [1.54, 1.807) is 13.8 Å². The Morgan fingerprint density at radius 2 is 1.78 bits per heavy atom. The highest BCUT2D eigenvalue weighted by Crippen LogP contribution is 2.37. The molecule has 9 nitrogen and oxygen atoms in total. The molecule has 0 aliphatic carbocycles. The maximum atomic E-state index is 14.9. The first-order valence-electron chi connectivity index (χ1n) is 12.2. The molecule has 3 heterocycles. The van der Waals surface area contributed by atoms with Gasteiger partial charge in [0.05, 0.1) is 36.1 Å². The van der Waals surface area contributed by atoms with Crippen molar-refractivity contribution in [3.63, 3.8) is 0 Å². The fourth-order valence-electron chi connectivity index (χ4n) is 4.49. The first kappa shape index (κ1) is 27.2. The Kier molecular flexibility index (Phi) is 8.95. The maximum Gasteiger partial charge on any atom is 0.266 e. The van der Waals surface area contributed by atoms with E-state index >= 15 is 0 Å². The van der Waals surface area contributed by atoms with Crippen LogP contribution < -0.4 is 10.6 Å². The van der Waals surface area contributed by atoms with Crippen molar-refractivity contribution in [2.45, 2.75) is 57.6 Å². The maximum absolute atomic E-state index is 14.9. The van der Waals surface area contributed by atoms with Crippen molar-refractivity contribution < 1.29 is 36.9 Å². The fraction of sp³-hybridized carbons (Fsp3) is 0.560. The topological polar surface area (TPSA) is 104 Å². The lowest BCUT2D eigenvalue weighted by Gasteiger charge is -2.27. The minimum atomic E-state index is -2.95. The minimum Gasteiger partial charge on any atom is -0.381 e. The van der Waals surface area contributed by atoms with Gasteiger partial charge in [-0.15, -0.1) is 0 Å². The molecule has 0 saturated carbocycles. The lowest BCUT2D eigenvalue weighted by Crippen LogP contribution is -2.42. The predicted molar refractivity (Wildman–Crippen MR) is 127 cm³/mol. The second-order valence-electron chi connectivity index (χ2n) is 8.92. The number of nitrogens with zero attached hydrogens (tertiary/aromatic N) is 2. The normalized spacial score (nSPS) is 18.7. The fourth-order valence-corrected chi connectivity index (χ4v) is 4.49. The Labute approximate surface area is 213 Å². The molecule has 1 aromatic heterocycles. The third-order valence-corrected chi connectivity index (χ3v) is 6.35. The first-order chi connectivity index (χ1) is 17.8. The van der Waals surface area contributed by atoms with Crippen LogP contribution in [0.1, 0.15) is 72.8 Å². The Bertz CT molecular complexity index is 1090. The van der Waals surface area contributed by atoms with Gasteiger partial charge in [-0.25, -0.2) is 23.1 Å². The minimum absolute atomic E-state index is 0.0374. The molecule has 1 unspecified atom stereocenters. The number of alkyl halides is 2. The average molecular weight is 525 g/mol. The van der Waals surface area contributed by atoms with Gasteiger partial charge in [0.2, 0.25) is 0 Å². The summed E-state index contributed by atoms with van der Waals surface area (Å²) in [5.41, 5.74) is -0.0784. The summed E-state index contributed by atoms with van der Waals surface area (Å²) in [6.07, 6.45) is -3.61. The predicted octanol–water partition coefficient (Wildman–Crippen LogP) is 4.06. The van der Waals surface area contributed by atoms with E-state index in [9.17, 15) is 18.0 Å². The first-order valence-corrected chi connectivity index (χ1v) is 12.2. The van der Waals surface area contributed by atoms with Crippen molar-refractivity contribution in [2.24, 2.45) is 0 Å². The number of carbonyl (C=O) groups excluding carboxylic acids is 1. The summed E-state index contributed by atoms with van der Waals surface area (Å²) in [5.74, 6) is -0.843. The molecule has 1 aromatic carbocycles. The zero-order valence-corrected chi connectivity index (χ0v) is 20.9. The molecule has 2 aromatic rings. The molecular formula is C25H31F3N4O5. The molecule has 12 heteroatoms. The quantitative estimate of drug-likeness (QED) is 0.506. The molecule has 2 aliphatic rings. The number of ether oxygens (including phenoxy) is 4. The van der Waals surface area contributed by atoms with Crippen molar-refractivity contribution in [3.8, 4) is 0 Å². The summed E-state index contributed by atoms with van der Waals surface area (Å²) in [6, 6.07) is 3.02. The highest BCUT2D eigenvalue weighted by molar-refractivity contribution is 5.83. The number of aryl methyl sites for hydroxylation is 1. The smallest absolute Gasteiger partial charge is 0.266 e. The zero-order valence-electron chi connectivity index (χ0n) is 20.9. The number of rotatable bonds is 9. The Hall–Kier alpha value is -2.80. The number of benzene rings is 1. The molecular weight excluding hydrogens is 493 g/mol. The number of aromatic nitrogens is 2. The third kappa shape index (κ3) is 6.20. The molecule has 202 valence electrons. The molecule has 0 radical (unpaired) electrons. The molecule has 4 rings (SSSR count). The van der Waals surface area contributed by atoms with Crippen molar-refractivity contribution in [3.05, 3.63) is 52.2 Å². The SMILES string of the molecule is COC(C(=O)NC1CCOCC1)c1nc(C)nc(N[C@H](C)c2cccc(C(F)F)c2F)c1C1OCCO1. The Balaban J connectivity index is 1.70. The molecule has 2 fully saturated rings. The Morgan fingerprint density at radius 3 is 2.43 bits per heavy atom. The number of hydrogen-bond donors (Lipinski definition) is 2. The lowest BCUT2D eigenvalue weighted by molar-refractivity contribution is -0.133. The zero-order chi connectivity index (χ0) is 26.5. The van der Waals surface area contributed by atoms with Crippen molar-refractivity contribution >= 4 is 11.7 Å². The van der Waals surface area contributed by atoms with Gasteiger partial charge in [-0.2, -0.15) is 0 Å². The van der Waals surface area contributed by atoms with Gasteiger partial charge in [-0.05, 0) is 26.7 Å². The van der Waals surface area contributed by atoms with Crippen LogP contribution in [0.15, 0.2) is 18.2 Å². The molecule has 0 bridgehead atoms. The highest BCUT2D eigenvalue weighted by Gasteiger charge is 2.35. The summed E-state index contributed by atoms with van der Waals surface area (Å²) in [5, 5.41) is 6.08. The summed E-state index contributed by atoms with van der Waals surface area (Å²) in [4.78, 5) is 22.2. The number of halogens is 3. The van der Waals surface area contributed by atoms with Crippen LogP contribution in [0.3, 0.4) is 0 Å². The molecule has 37 heavy (non-hydrogen) atoms. The van der Waals surface area contributed by atoms with E-state index < -0.39 is 36.2 Å². The van der Waals surface area contributed by atoms with Crippen LogP contribution in [0.4, 0.5) is 19.0 Å². The van der Waals surface area contributed by atoms with Gasteiger partial charge in [0.15, 0.2) is 12.4 Å². The van der Waals surface area contributed by atoms with Gasteiger partial charge in [-0.1, -0.05) is 18.2 Å². The summed E-state index contributed by atoms with van der Waals surface area (Å²) in [6.45, 7) is 4.99. The van der Waals surface area contributed by atoms with Crippen LogP contribution in [-0.4, -0.2) is 55.5 Å². The average Bonchev–Trinajstić information content (AvgIpc) is 3.39. The number of hydrogen-bond acceptors (Lipinski definition) is 8. The standard InChI is InChI=1S/C25H31F3N4O5/c1-13(16-5-4-6-17(19(16)26)22(27)28)29-23-18(25-36-11-12-37-25)20(30-14(2)31-23)21(34-3)24(33)32-15-7-9-35-10-8-15/h4-6,13,15,21-22,25H,7-12H2,1-3H3,(H,32,33)(H,29,30,31)/t13-,21?/m1/s1. The van der Waals surface area contributed by atoms with E-state index in [0.29, 0.717) is 50.7 Å². The summed E-state index contributed by atoms with van der Waals surface area (Å²) >= 11 is 0. The van der Waals surface area contributed by atoms with Crippen LogP contribution in [0.25, 0.3) is 0 Å². The lowest BCUT2D eigenvalue weighted by atomic mass is 10.0. The van der Waals surface area contributed by atoms with Gasteiger partial charge in [0.25, 0.3) is 12.3 Å².